The summed E-state index contributed by atoms with van der Waals surface area (Å²) < 4.78 is 0. The number of carbonyl (C=O) groups is 1. The molecule has 0 aliphatic heterocycles. The van der Waals surface area contributed by atoms with E-state index in [1.807, 2.05) is 27.1 Å². The van der Waals surface area contributed by atoms with E-state index in [1.165, 1.54) is 4.88 Å². The highest BCUT2D eigenvalue weighted by Crippen LogP contribution is 2.22. The van der Waals surface area contributed by atoms with Crippen LogP contribution in [0, 0.1) is 5.92 Å². The molecule has 3 N–H and O–H groups in total. The molecule has 102 valence electrons. The Hall–Kier alpha value is -0.910. The molecule has 2 atom stereocenters. The minimum atomic E-state index is 0.0800. The quantitative estimate of drug-likeness (QED) is 0.788. The number of hydrogen-bond acceptors (Lipinski definition) is 4. The van der Waals surface area contributed by atoms with Gasteiger partial charge in [-0.15, -0.1) is 11.3 Å². The zero-order valence-corrected chi connectivity index (χ0v) is 12.2. The summed E-state index contributed by atoms with van der Waals surface area (Å²) in [6, 6.07) is 4.38. The summed E-state index contributed by atoms with van der Waals surface area (Å²) >= 11 is 1.72. The maximum atomic E-state index is 11.7. The van der Waals surface area contributed by atoms with E-state index < -0.39 is 0 Å². The van der Waals surface area contributed by atoms with Crippen molar-refractivity contribution in [2.24, 2.45) is 11.7 Å². The van der Waals surface area contributed by atoms with E-state index in [1.54, 1.807) is 11.3 Å². The molecule has 1 rings (SSSR count). The van der Waals surface area contributed by atoms with Crippen LogP contribution in [0.1, 0.15) is 24.3 Å². The second kappa shape index (κ2) is 7.51. The Kier molecular flexibility index (Phi) is 6.32. The minimum Gasteiger partial charge on any atom is -0.354 e. The average Bonchev–Trinajstić information content (AvgIpc) is 2.82. The van der Waals surface area contributed by atoms with Gasteiger partial charge in [-0.2, -0.15) is 0 Å². The Bertz CT molecular complexity index is 351. The maximum Gasteiger partial charge on any atom is 0.220 e. The van der Waals surface area contributed by atoms with Crippen molar-refractivity contribution in [3.63, 3.8) is 0 Å². The van der Waals surface area contributed by atoms with E-state index in [9.17, 15) is 4.79 Å². The van der Waals surface area contributed by atoms with Gasteiger partial charge in [0, 0.05) is 17.8 Å². The molecule has 0 aliphatic carbocycles. The first-order chi connectivity index (χ1) is 8.54. The van der Waals surface area contributed by atoms with Gasteiger partial charge in [0.05, 0.1) is 6.04 Å². The summed E-state index contributed by atoms with van der Waals surface area (Å²) in [5.74, 6) is 0.320. The molecule has 0 aliphatic rings. The number of thiophene rings is 1. The van der Waals surface area contributed by atoms with Gasteiger partial charge in [0.2, 0.25) is 5.91 Å². The molecule has 0 radical (unpaired) electrons. The molecule has 1 heterocycles. The first-order valence-electron chi connectivity index (χ1n) is 6.21. The molecule has 0 bridgehead atoms. The van der Waals surface area contributed by atoms with Crippen LogP contribution in [0.15, 0.2) is 17.5 Å². The van der Waals surface area contributed by atoms with Crippen molar-refractivity contribution in [2.75, 3.05) is 27.2 Å². The number of amides is 1. The fourth-order valence-corrected chi connectivity index (χ4v) is 2.62. The first-order valence-corrected chi connectivity index (χ1v) is 7.09. The van der Waals surface area contributed by atoms with Crippen LogP contribution in [0.3, 0.4) is 0 Å². The van der Waals surface area contributed by atoms with Crippen LogP contribution in [0.25, 0.3) is 0 Å². The molecule has 0 aromatic carbocycles. The fourth-order valence-electron chi connectivity index (χ4n) is 1.70. The molecule has 0 saturated heterocycles. The van der Waals surface area contributed by atoms with Crippen molar-refractivity contribution in [3.8, 4) is 0 Å². The third-order valence-electron chi connectivity index (χ3n) is 2.92. The average molecular weight is 269 g/mol. The second-order valence-corrected chi connectivity index (χ2v) is 5.82. The van der Waals surface area contributed by atoms with E-state index >= 15 is 0 Å². The van der Waals surface area contributed by atoms with Crippen LogP contribution in [0.2, 0.25) is 0 Å². The van der Waals surface area contributed by atoms with Crippen molar-refractivity contribution in [1.82, 2.24) is 10.2 Å². The predicted molar refractivity (Wildman–Crippen MR) is 76.6 cm³/mol. The lowest BCUT2D eigenvalue weighted by atomic mass is 10.1. The number of hydrogen-bond donors (Lipinski definition) is 2. The fraction of sp³-hybridized carbons (Fsp3) is 0.615. The Labute approximate surface area is 113 Å². The van der Waals surface area contributed by atoms with Crippen molar-refractivity contribution >= 4 is 17.2 Å². The van der Waals surface area contributed by atoms with Crippen molar-refractivity contribution in [2.45, 2.75) is 19.4 Å². The van der Waals surface area contributed by atoms with Crippen LogP contribution in [0.5, 0.6) is 0 Å². The van der Waals surface area contributed by atoms with Gasteiger partial charge in [-0.25, -0.2) is 0 Å². The van der Waals surface area contributed by atoms with Crippen molar-refractivity contribution in [1.29, 1.82) is 0 Å². The Morgan fingerprint density at radius 3 is 2.78 bits per heavy atom. The first kappa shape index (κ1) is 15.1. The topological polar surface area (TPSA) is 58.4 Å². The van der Waals surface area contributed by atoms with E-state index in [4.69, 9.17) is 5.73 Å². The minimum absolute atomic E-state index is 0.0800. The third-order valence-corrected chi connectivity index (χ3v) is 3.90. The van der Waals surface area contributed by atoms with Crippen molar-refractivity contribution < 1.29 is 4.79 Å². The van der Waals surface area contributed by atoms with E-state index in [0.29, 0.717) is 19.5 Å². The zero-order valence-electron chi connectivity index (χ0n) is 11.3. The lowest BCUT2D eigenvalue weighted by Crippen LogP contribution is -2.35. The number of carbonyl (C=O) groups excluding carboxylic acids is 1. The van der Waals surface area contributed by atoms with Crippen LogP contribution < -0.4 is 11.1 Å². The summed E-state index contributed by atoms with van der Waals surface area (Å²) in [5, 5.41) is 5.05. The molecule has 1 aromatic rings. The van der Waals surface area contributed by atoms with Gasteiger partial charge in [0.25, 0.3) is 0 Å². The van der Waals surface area contributed by atoms with Crippen LogP contribution >= 0.6 is 11.3 Å². The molecular formula is C13H23N3OS. The lowest BCUT2D eigenvalue weighted by Gasteiger charge is -2.23. The lowest BCUT2D eigenvalue weighted by molar-refractivity contribution is -0.122. The van der Waals surface area contributed by atoms with E-state index in [0.717, 1.165) is 0 Å². The monoisotopic (exact) mass is 269 g/mol. The SMILES string of the molecule is CC(CN)CC(=O)NCC(c1cccs1)N(C)C. The summed E-state index contributed by atoms with van der Waals surface area (Å²) in [5.41, 5.74) is 5.52. The van der Waals surface area contributed by atoms with Crippen molar-refractivity contribution in [3.05, 3.63) is 22.4 Å². The Balaban J connectivity index is 2.46. The second-order valence-electron chi connectivity index (χ2n) is 4.84. The third kappa shape index (κ3) is 4.76. The van der Waals surface area contributed by atoms with Crippen LogP contribution in [-0.2, 0) is 4.79 Å². The van der Waals surface area contributed by atoms with Gasteiger partial charge < -0.3 is 16.0 Å². The molecule has 18 heavy (non-hydrogen) atoms. The molecule has 2 unspecified atom stereocenters. The normalized spacial score (nSPS) is 14.5. The smallest absolute Gasteiger partial charge is 0.220 e. The standard InChI is InChI=1S/C13H23N3OS/c1-10(8-14)7-13(17)15-9-11(16(2)3)12-5-4-6-18-12/h4-6,10-11H,7-9,14H2,1-3H3,(H,15,17). The molecule has 1 amide bonds. The maximum absolute atomic E-state index is 11.7. The summed E-state index contributed by atoms with van der Waals surface area (Å²) in [7, 11) is 4.05. The molecule has 0 spiro atoms. The summed E-state index contributed by atoms with van der Waals surface area (Å²) in [6.07, 6.45) is 0.501. The molecule has 5 heteroatoms. The number of nitrogens with two attached hydrogens (primary N) is 1. The highest BCUT2D eigenvalue weighted by molar-refractivity contribution is 7.10. The number of nitrogens with one attached hydrogen (secondary N) is 1. The molecule has 4 nitrogen and oxygen atoms in total. The molecule has 1 aromatic heterocycles. The van der Waals surface area contributed by atoms with Gasteiger partial charge >= 0.3 is 0 Å². The molecule has 0 saturated carbocycles. The van der Waals surface area contributed by atoms with Gasteiger partial charge in [0.15, 0.2) is 0 Å². The Morgan fingerprint density at radius 1 is 1.56 bits per heavy atom. The number of rotatable bonds is 7. The largest absolute Gasteiger partial charge is 0.354 e. The number of nitrogens with zero attached hydrogens (tertiary/aromatic N) is 1. The van der Waals surface area contributed by atoms with Gasteiger partial charge in [-0.05, 0) is 38.0 Å². The summed E-state index contributed by atoms with van der Waals surface area (Å²) in [6.45, 7) is 3.18. The highest BCUT2D eigenvalue weighted by Gasteiger charge is 2.16. The van der Waals surface area contributed by atoms with Crippen LogP contribution in [-0.4, -0.2) is 38.0 Å². The van der Waals surface area contributed by atoms with Gasteiger partial charge in [-0.1, -0.05) is 13.0 Å². The molecule has 0 fully saturated rings. The van der Waals surface area contributed by atoms with E-state index in [-0.39, 0.29) is 17.9 Å². The van der Waals surface area contributed by atoms with Gasteiger partial charge in [0.1, 0.15) is 0 Å². The van der Waals surface area contributed by atoms with Gasteiger partial charge in [-0.3, -0.25) is 4.79 Å². The number of likely N-dealkylation sites (N-methyl/N-ethyl adjacent to an activating group) is 1. The Morgan fingerprint density at radius 2 is 2.28 bits per heavy atom. The van der Waals surface area contributed by atoms with E-state index in [2.05, 4.69) is 21.7 Å². The zero-order chi connectivity index (χ0) is 13.5. The highest BCUT2D eigenvalue weighted by atomic mass is 32.1. The predicted octanol–water partition coefficient (Wildman–Crippen LogP) is 1.45. The summed E-state index contributed by atoms with van der Waals surface area (Å²) in [4.78, 5) is 15.1. The van der Waals surface area contributed by atoms with Crippen LogP contribution in [0.4, 0.5) is 0 Å². The molecular weight excluding hydrogens is 246 g/mol.